The Morgan fingerprint density at radius 1 is 1.28 bits per heavy atom. The molecule has 0 spiro atoms. The Bertz CT molecular complexity index is 735. The van der Waals surface area contributed by atoms with E-state index in [1.165, 1.54) is 16.3 Å². The number of allylic oxidation sites excluding steroid dienone is 3. The number of hydrogen-bond donors (Lipinski definition) is 0. The molecule has 0 bridgehead atoms. The van der Waals surface area contributed by atoms with Crippen molar-refractivity contribution in [3.63, 3.8) is 0 Å². The van der Waals surface area contributed by atoms with Crippen LogP contribution in [0.2, 0.25) is 0 Å². The number of benzene rings is 1. The van der Waals surface area contributed by atoms with Crippen molar-refractivity contribution in [1.29, 1.82) is 0 Å². The number of nitrogens with zero attached hydrogens (tertiary/aromatic N) is 1. The van der Waals surface area contributed by atoms with Gasteiger partial charge in [-0.15, -0.1) is 0 Å². The van der Waals surface area contributed by atoms with Crippen LogP contribution in [0.25, 0.3) is 6.08 Å². The van der Waals surface area contributed by atoms with E-state index in [0.717, 1.165) is 6.54 Å². The molecule has 0 unspecified atom stereocenters. The van der Waals surface area contributed by atoms with Gasteiger partial charge in [-0.25, -0.2) is 8.42 Å². The van der Waals surface area contributed by atoms with E-state index in [-0.39, 0.29) is 0 Å². The van der Waals surface area contributed by atoms with Gasteiger partial charge in [-0.3, -0.25) is 0 Å². The van der Waals surface area contributed by atoms with Crippen molar-refractivity contribution < 1.29 is 13.0 Å². The van der Waals surface area contributed by atoms with Crippen molar-refractivity contribution in [3.8, 4) is 0 Å². The second-order valence-corrected chi connectivity index (χ2v) is 5.45. The minimum atomic E-state index is -3.92. The van der Waals surface area contributed by atoms with Crippen LogP contribution in [0.5, 0.6) is 0 Å². The van der Waals surface area contributed by atoms with Gasteiger partial charge in [0.2, 0.25) is 11.1 Å². The first-order valence-corrected chi connectivity index (χ1v) is 7.26. The van der Waals surface area contributed by atoms with E-state index >= 15 is 0 Å². The zero-order valence-electron chi connectivity index (χ0n) is 9.91. The third kappa shape index (κ3) is 3.15. The van der Waals surface area contributed by atoms with E-state index in [4.69, 9.17) is 13.0 Å². The van der Waals surface area contributed by atoms with Crippen LogP contribution in [-0.4, -0.2) is 25.8 Å². The molecule has 18 heavy (non-hydrogen) atoms. The van der Waals surface area contributed by atoms with E-state index in [1.54, 1.807) is 0 Å². The molecule has 94 valence electrons. The van der Waals surface area contributed by atoms with Gasteiger partial charge >= 0.3 is 0 Å². The Morgan fingerprint density at radius 2 is 1.94 bits per heavy atom. The molecule has 1 aromatic rings. The van der Waals surface area contributed by atoms with Crippen LogP contribution in [0.4, 0.5) is 0 Å². The fourth-order valence-electron chi connectivity index (χ4n) is 1.91. The Hall–Kier alpha value is -1.72. The summed E-state index contributed by atoms with van der Waals surface area (Å²) in [6, 6.07) is 8.51. The van der Waals surface area contributed by atoms with Crippen molar-refractivity contribution >= 4 is 16.2 Å². The summed E-state index contributed by atoms with van der Waals surface area (Å²) in [4.78, 5) is 0. The molecule has 2 aliphatic heterocycles. The molecule has 3 rings (SSSR count). The summed E-state index contributed by atoms with van der Waals surface area (Å²) in [5.41, 5.74) is 1.31. The maximum atomic E-state index is 9.08. The van der Waals surface area contributed by atoms with Crippen LogP contribution < -0.4 is 15.2 Å². The van der Waals surface area contributed by atoms with Crippen LogP contribution in [-0.2, 0) is 10.1 Å². The lowest BCUT2D eigenvalue weighted by Gasteiger charge is -1.99. The largest absolute Gasteiger partial charge is 0.748 e. The lowest BCUT2D eigenvalue weighted by Crippen LogP contribution is -2.33. The van der Waals surface area contributed by atoms with Gasteiger partial charge in [-0.2, -0.15) is 4.58 Å². The number of fused-ring (bicyclic) bond motifs is 2. The lowest BCUT2D eigenvalue weighted by atomic mass is 10.2. The van der Waals surface area contributed by atoms with Crippen molar-refractivity contribution in [1.82, 2.24) is 4.58 Å². The first-order chi connectivity index (χ1) is 8.45. The maximum absolute atomic E-state index is 9.08. The number of para-hydroxylation sites is 1. The molecule has 0 saturated heterocycles. The Kier molecular flexibility index (Phi) is 3.45. The lowest BCUT2D eigenvalue weighted by molar-refractivity contribution is 0.470. The van der Waals surface area contributed by atoms with Gasteiger partial charge in [-0.05, 0) is 12.1 Å². The summed E-state index contributed by atoms with van der Waals surface area (Å²) < 4.78 is 29.6. The molecule has 0 saturated carbocycles. The van der Waals surface area contributed by atoms with Crippen molar-refractivity contribution in [2.24, 2.45) is 0 Å². The van der Waals surface area contributed by atoms with Gasteiger partial charge in [0.25, 0.3) is 0 Å². The molecule has 1 aromatic carbocycles. The fourth-order valence-corrected chi connectivity index (χ4v) is 1.91. The molecule has 0 N–H and O–H groups in total. The molecule has 2 heterocycles. The molecular weight excluding hydrogens is 250 g/mol. The Morgan fingerprint density at radius 3 is 2.67 bits per heavy atom. The minimum Gasteiger partial charge on any atom is -0.748 e. The number of hydrogen-bond acceptors (Lipinski definition) is 3. The second kappa shape index (κ2) is 4.88. The Labute approximate surface area is 106 Å². The predicted molar refractivity (Wildman–Crippen MR) is 69.1 cm³/mol. The molecule has 2 aliphatic rings. The standard InChI is InChI=1S/C12H10N.CH4O3S/c1-2-7-12-10(5-1)9-11-6-3-4-8-13(11)12;1-5(2,3)4/h1-7,9H,8H2;1H3,(H,2,3,4)/q+1;/p-1. The molecule has 4 nitrogen and oxygen atoms in total. The molecule has 0 fully saturated rings. The summed E-state index contributed by atoms with van der Waals surface area (Å²) in [5.74, 6) is 0. The molecule has 0 amide bonds. The van der Waals surface area contributed by atoms with Gasteiger partial charge in [0.05, 0.1) is 15.3 Å². The van der Waals surface area contributed by atoms with Crippen LogP contribution in [0.3, 0.4) is 0 Å². The van der Waals surface area contributed by atoms with Gasteiger partial charge in [0.1, 0.15) is 0 Å². The Balaban J connectivity index is 0.000000209. The first-order valence-electron chi connectivity index (χ1n) is 5.44. The zero-order chi connectivity index (χ0) is 13.2. The van der Waals surface area contributed by atoms with Gasteiger partial charge in [0, 0.05) is 24.5 Å². The smallest absolute Gasteiger partial charge is 0.213 e. The van der Waals surface area contributed by atoms with Crippen LogP contribution in [0.1, 0.15) is 0 Å². The maximum Gasteiger partial charge on any atom is 0.213 e. The van der Waals surface area contributed by atoms with E-state index in [0.29, 0.717) is 6.26 Å². The van der Waals surface area contributed by atoms with Crippen LogP contribution >= 0.6 is 0 Å². The van der Waals surface area contributed by atoms with Gasteiger partial charge in [0.15, 0.2) is 6.54 Å². The predicted octanol–water partition coefficient (Wildman–Crippen LogP) is -0.413. The SMILES string of the molecule is C1=CC[N+]2=c3ccccc3=CC2=C1.CS(=O)(=O)[O-]. The molecule has 0 radical (unpaired) electrons. The molecule has 0 atom stereocenters. The molecule has 5 heteroatoms. The van der Waals surface area contributed by atoms with Crippen molar-refractivity contribution in [2.75, 3.05) is 12.8 Å². The highest BCUT2D eigenvalue weighted by Crippen LogP contribution is 2.04. The fraction of sp³-hybridized carbons (Fsp3) is 0.154. The van der Waals surface area contributed by atoms with E-state index in [1.807, 2.05) is 0 Å². The topological polar surface area (TPSA) is 60.2 Å². The average molecular weight is 263 g/mol. The van der Waals surface area contributed by atoms with E-state index in [9.17, 15) is 0 Å². The van der Waals surface area contributed by atoms with Crippen molar-refractivity contribution in [3.05, 3.63) is 58.8 Å². The third-order valence-electron chi connectivity index (χ3n) is 2.53. The van der Waals surface area contributed by atoms with Crippen LogP contribution in [0.15, 0.2) is 48.2 Å². The highest BCUT2D eigenvalue weighted by Gasteiger charge is 2.18. The molecule has 0 aromatic heterocycles. The zero-order valence-corrected chi connectivity index (χ0v) is 10.7. The molecular formula is C13H13NO3S. The summed E-state index contributed by atoms with van der Waals surface area (Å²) in [7, 11) is -3.92. The summed E-state index contributed by atoms with van der Waals surface area (Å²) in [6.45, 7) is 0.999. The first kappa shape index (κ1) is 12.7. The highest BCUT2D eigenvalue weighted by atomic mass is 32.2. The van der Waals surface area contributed by atoms with E-state index < -0.39 is 10.1 Å². The van der Waals surface area contributed by atoms with Crippen LogP contribution in [0, 0.1) is 0 Å². The second-order valence-electron chi connectivity index (χ2n) is 4.04. The average Bonchev–Trinajstić information content (AvgIpc) is 2.65. The quantitative estimate of drug-likeness (QED) is 0.472. The monoisotopic (exact) mass is 263 g/mol. The van der Waals surface area contributed by atoms with Crippen molar-refractivity contribution in [2.45, 2.75) is 0 Å². The minimum absolute atomic E-state index is 0.604. The van der Waals surface area contributed by atoms with E-state index in [2.05, 4.69) is 53.1 Å². The van der Waals surface area contributed by atoms with Gasteiger partial charge in [-0.1, -0.05) is 18.2 Å². The van der Waals surface area contributed by atoms with Gasteiger partial charge < -0.3 is 4.55 Å². The summed E-state index contributed by atoms with van der Waals surface area (Å²) >= 11 is 0. The normalized spacial score (nSPS) is 15.9. The summed E-state index contributed by atoms with van der Waals surface area (Å²) in [6.07, 6.45) is 9.29. The highest BCUT2D eigenvalue weighted by molar-refractivity contribution is 7.84. The molecule has 0 aliphatic carbocycles. The third-order valence-corrected chi connectivity index (χ3v) is 2.53. The summed E-state index contributed by atoms with van der Waals surface area (Å²) in [5, 5.41) is 2.66. The number of rotatable bonds is 0.